The van der Waals surface area contributed by atoms with Crippen molar-refractivity contribution >= 4 is 38.1 Å². The summed E-state index contributed by atoms with van der Waals surface area (Å²) < 4.78 is 23.9. The highest BCUT2D eigenvalue weighted by molar-refractivity contribution is 14.1. The molecule has 0 saturated heterocycles. The van der Waals surface area contributed by atoms with Crippen LogP contribution in [0.25, 0.3) is 0 Å². The van der Waals surface area contributed by atoms with Gasteiger partial charge in [0.25, 0.3) is 0 Å². The summed E-state index contributed by atoms with van der Waals surface area (Å²) in [5, 5.41) is 3.29. The Morgan fingerprint density at radius 2 is 1.58 bits per heavy atom. The van der Waals surface area contributed by atoms with Crippen LogP contribution in [0, 0.1) is 3.57 Å². The van der Waals surface area contributed by atoms with Gasteiger partial charge in [0.05, 0.1) is 4.90 Å². The number of hydrogen-bond acceptors (Lipinski definition) is 3. The standard InChI is InChI=1S/C14H14INO2S/c1-19(17,18)14-8-2-11(3-9-14)10-16-13-6-4-12(15)5-7-13/h2-9,16H,10H2,1H3. The Morgan fingerprint density at radius 3 is 2.11 bits per heavy atom. The first-order valence-electron chi connectivity index (χ1n) is 5.73. The molecule has 1 N–H and O–H groups in total. The molecule has 0 aliphatic heterocycles. The summed E-state index contributed by atoms with van der Waals surface area (Å²) in [6.07, 6.45) is 1.21. The highest BCUT2D eigenvalue weighted by atomic mass is 127. The molecule has 0 amide bonds. The zero-order valence-electron chi connectivity index (χ0n) is 10.4. The highest BCUT2D eigenvalue weighted by Gasteiger charge is 2.05. The second-order valence-corrected chi connectivity index (χ2v) is 7.54. The van der Waals surface area contributed by atoms with E-state index in [9.17, 15) is 8.42 Å². The normalized spacial score (nSPS) is 11.3. The average molecular weight is 387 g/mol. The van der Waals surface area contributed by atoms with Crippen molar-refractivity contribution < 1.29 is 8.42 Å². The van der Waals surface area contributed by atoms with Crippen LogP contribution < -0.4 is 5.32 Å². The summed E-state index contributed by atoms with van der Waals surface area (Å²) in [5.41, 5.74) is 2.10. The average Bonchev–Trinajstić information content (AvgIpc) is 2.37. The molecule has 3 nitrogen and oxygen atoms in total. The van der Waals surface area contributed by atoms with Crippen LogP contribution in [0.3, 0.4) is 0 Å². The van der Waals surface area contributed by atoms with Crippen LogP contribution in [-0.2, 0) is 16.4 Å². The van der Waals surface area contributed by atoms with Gasteiger partial charge >= 0.3 is 0 Å². The van der Waals surface area contributed by atoms with Gasteiger partial charge in [0.2, 0.25) is 0 Å². The number of hydrogen-bond donors (Lipinski definition) is 1. The van der Waals surface area contributed by atoms with Gasteiger partial charge in [-0.05, 0) is 64.6 Å². The number of rotatable bonds is 4. The molecule has 0 aliphatic rings. The van der Waals surface area contributed by atoms with E-state index in [-0.39, 0.29) is 0 Å². The molecule has 0 aromatic heterocycles. The fourth-order valence-electron chi connectivity index (χ4n) is 1.63. The van der Waals surface area contributed by atoms with Gasteiger partial charge in [-0.25, -0.2) is 8.42 Å². The number of benzene rings is 2. The lowest BCUT2D eigenvalue weighted by Gasteiger charge is -2.07. The minimum Gasteiger partial charge on any atom is -0.381 e. The van der Waals surface area contributed by atoms with Gasteiger partial charge in [-0.3, -0.25) is 0 Å². The van der Waals surface area contributed by atoms with Crippen molar-refractivity contribution in [3.05, 3.63) is 57.7 Å². The Hall–Kier alpha value is -1.08. The summed E-state index contributed by atoms with van der Waals surface area (Å²) in [6.45, 7) is 0.671. The molecule has 0 bridgehead atoms. The van der Waals surface area contributed by atoms with E-state index < -0.39 is 9.84 Å². The molecular weight excluding hydrogens is 373 g/mol. The first kappa shape index (κ1) is 14.3. The molecule has 100 valence electrons. The lowest BCUT2D eigenvalue weighted by molar-refractivity contribution is 0.602. The molecule has 0 aliphatic carbocycles. The largest absolute Gasteiger partial charge is 0.381 e. The molecule has 19 heavy (non-hydrogen) atoms. The van der Waals surface area contributed by atoms with E-state index in [4.69, 9.17) is 0 Å². The molecule has 0 fully saturated rings. The minimum atomic E-state index is -3.11. The predicted octanol–water partition coefficient (Wildman–Crippen LogP) is 3.31. The predicted molar refractivity (Wildman–Crippen MR) is 86.0 cm³/mol. The number of anilines is 1. The summed E-state index contributed by atoms with van der Waals surface area (Å²) in [4.78, 5) is 0.352. The summed E-state index contributed by atoms with van der Waals surface area (Å²) in [6, 6.07) is 15.1. The number of halogens is 1. The summed E-state index contributed by atoms with van der Waals surface area (Å²) in [7, 11) is -3.11. The molecule has 2 aromatic carbocycles. The van der Waals surface area contributed by atoms with E-state index >= 15 is 0 Å². The third-order valence-electron chi connectivity index (χ3n) is 2.69. The Bertz CT molecular complexity index is 649. The monoisotopic (exact) mass is 387 g/mol. The van der Waals surface area contributed by atoms with E-state index in [1.54, 1.807) is 12.1 Å². The van der Waals surface area contributed by atoms with Gasteiger partial charge < -0.3 is 5.32 Å². The van der Waals surface area contributed by atoms with Gasteiger partial charge in [-0.2, -0.15) is 0 Å². The van der Waals surface area contributed by atoms with Crippen molar-refractivity contribution in [3.63, 3.8) is 0 Å². The lowest BCUT2D eigenvalue weighted by atomic mass is 10.2. The second kappa shape index (κ2) is 5.92. The molecule has 5 heteroatoms. The van der Waals surface area contributed by atoms with Crippen molar-refractivity contribution in [1.82, 2.24) is 0 Å². The minimum absolute atomic E-state index is 0.352. The third-order valence-corrected chi connectivity index (χ3v) is 4.54. The van der Waals surface area contributed by atoms with Crippen LogP contribution in [-0.4, -0.2) is 14.7 Å². The maximum absolute atomic E-state index is 11.3. The smallest absolute Gasteiger partial charge is 0.175 e. The molecule has 0 atom stereocenters. The van der Waals surface area contributed by atoms with E-state index in [1.165, 1.54) is 9.83 Å². The first-order valence-corrected chi connectivity index (χ1v) is 8.70. The summed E-state index contributed by atoms with van der Waals surface area (Å²) >= 11 is 2.26. The van der Waals surface area contributed by atoms with Crippen molar-refractivity contribution in [1.29, 1.82) is 0 Å². The summed E-state index contributed by atoms with van der Waals surface area (Å²) in [5.74, 6) is 0. The lowest BCUT2D eigenvalue weighted by Crippen LogP contribution is -2.01. The Labute approximate surface area is 127 Å². The van der Waals surface area contributed by atoms with Crippen molar-refractivity contribution in [2.45, 2.75) is 11.4 Å². The maximum Gasteiger partial charge on any atom is 0.175 e. The Morgan fingerprint density at radius 1 is 1.00 bits per heavy atom. The number of sulfone groups is 1. The van der Waals surface area contributed by atoms with E-state index in [0.29, 0.717) is 11.4 Å². The fraction of sp³-hybridized carbons (Fsp3) is 0.143. The zero-order valence-corrected chi connectivity index (χ0v) is 13.4. The van der Waals surface area contributed by atoms with Gasteiger partial charge in [0.15, 0.2) is 9.84 Å². The first-order chi connectivity index (χ1) is 8.95. The molecule has 2 aromatic rings. The fourth-order valence-corrected chi connectivity index (χ4v) is 2.62. The topological polar surface area (TPSA) is 46.2 Å². The Kier molecular flexibility index (Phi) is 4.46. The van der Waals surface area contributed by atoms with Crippen LogP contribution in [0.1, 0.15) is 5.56 Å². The molecule has 2 rings (SSSR count). The van der Waals surface area contributed by atoms with E-state index in [0.717, 1.165) is 11.3 Å². The number of nitrogens with one attached hydrogen (secondary N) is 1. The van der Waals surface area contributed by atoms with Gasteiger partial charge in [-0.1, -0.05) is 12.1 Å². The van der Waals surface area contributed by atoms with Crippen LogP contribution in [0.5, 0.6) is 0 Å². The van der Waals surface area contributed by atoms with Gasteiger partial charge in [0, 0.05) is 22.1 Å². The van der Waals surface area contributed by atoms with Crippen molar-refractivity contribution in [2.24, 2.45) is 0 Å². The van der Waals surface area contributed by atoms with Crippen LogP contribution >= 0.6 is 22.6 Å². The SMILES string of the molecule is CS(=O)(=O)c1ccc(CNc2ccc(I)cc2)cc1. The second-order valence-electron chi connectivity index (χ2n) is 4.28. The quantitative estimate of drug-likeness (QED) is 0.819. The van der Waals surface area contributed by atoms with Crippen LogP contribution in [0.2, 0.25) is 0 Å². The van der Waals surface area contributed by atoms with Crippen LogP contribution in [0.4, 0.5) is 5.69 Å². The Balaban J connectivity index is 2.02. The molecule has 0 saturated carbocycles. The van der Waals surface area contributed by atoms with E-state index in [1.807, 2.05) is 36.4 Å². The molecule has 0 unspecified atom stereocenters. The molecule has 0 spiro atoms. The van der Waals surface area contributed by atoms with Gasteiger partial charge in [0.1, 0.15) is 0 Å². The highest BCUT2D eigenvalue weighted by Crippen LogP contribution is 2.14. The van der Waals surface area contributed by atoms with Gasteiger partial charge in [-0.15, -0.1) is 0 Å². The van der Waals surface area contributed by atoms with Crippen molar-refractivity contribution in [2.75, 3.05) is 11.6 Å². The van der Waals surface area contributed by atoms with Crippen LogP contribution in [0.15, 0.2) is 53.4 Å². The van der Waals surface area contributed by atoms with E-state index in [2.05, 4.69) is 27.9 Å². The zero-order chi connectivity index (χ0) is 13.9. The molecular formula is C14H14INO2S. The maximum atomic E-state index is 11.3. The van der Waals surface area contributed by atoms with Crippen molar-refractivity contribution in [3.8, 4) is 0 Å². The molecule has 0 heterocycles. The third kappa shape index (κ3) is 4.21. The molecule has 0 radical (unpaired) electrons.